The molecule has 0 aromatic carbocycles. The molecule has 0 spiro atoms. The lowest BCUT2D eigenvalue weighted by Crippen LogP contribution is -2.52. The molecule has 126 valence electrons. The smallest absolute Gasteiger partial charge is 0.307 e. The molecule has 22 heavy (non-hydrogen) atoms. The van der Waals surface area contributed by atoms with E-state index in [9.17, 15) is 9.90 Å². The number of nitrogens with one attached hydrogen (secondary N) is 1. The number of fused-ring (bicyclic) bond motifs is 2. The molecule has 0 saturated heterocycles. The molecule has 0 aromatic heterocycles. The Morgan fingerprint density at radius 3 is 2.55 bits per heavy atom. The van der Waals surface area contributed by atoms with Crippen molar-refractivity contribution in [1.82, 2.24) is 5.48 Å². The number of hydroxylamine groups is 1. The summed E-state index contributed by atoms with van der Waals surface area (Å²) in [7, 11) is 0. The van der Waals surface area contributed by atoms with Crippen LogP contribution in [-0.4, -0.2) is 36.1 Å². The lowest BCUT2D eigenvalue weighted by molar-refractivity contribution is -0.264. The summed E-state index contributed by atoms with van der Waals surface area (Å²) < 4.78 is 0. The van der Waals surface area contributed by atoms with Crippen LogP contribution < -0.4 is 5.48 Å². The predicted molar refractivity (Wildman–Crippen MR) is 80.8 cm³/mol. The van der Waals surface area contributed by atoms with Crippen LogP contribution in [0.15, 0.2) is 12.2 Å². The molecule has 0 radical (unpaired) electrons. The van der Waals surface area contributed by atoms with Gasteiger partial charge in [-0.25, -0.2) is 10.4 Å². The SMILES string of the molecule is CCCCNOCC1C2C=CC(C1COO)C(C(=O)O)C2C. The molecule has 3 rings (SSSR count). The Balaban J connectivity index is 2.03. The van der Waals surface area contributed by atoms with Crippen LogP contribution in [0.25, 0.3) is 0 Å². The lowest BCUT2D eigenvalue weighted by atomic mass is 9.54. The molecule has 0 aliphatic heterocycles. The van der Waals surface area contributed by atoms with E-state index in [2.05, 4.69) is 23.4 Å². The van der Waals surface area contributed by atoms with Crippen LogP contribution in [0.2, 0.25) is 0 Å². The zero-order valence-corrected chi connectivity index (χ0v) is 13.3. The van der Waals surface area contributed by atoms with Gasteiger partial charge in [-0.1, -0.05) is 32.4 Å². The van der Waals surface area contributed by atoms with E-state index in [1.165, 1.54) is 0 Å². The van der Waals surface area contributed by atoms with Crippen molar-refractivity contribution in [2.75, 3.05) is 19.8 Å². The first-order valence-electron chi connectivity index (χ1n) is 8.13. The van der Waals surface area contributed by atoms with Crippen LogP contribution in [0.3, 0.4) is 0 Å². The van der Waals surface area contributed by atoms with Crippen LogP contribution in [0.1, 0.15) is 26.7 Å². The number of hydrogen-bond donors (Lipinski definition) is 3. The van der Waals surface area contributed by atoms with E-state index in [1.807, 2.05) is 13.0 Å². The number of carbonyl (C=O) groups is 1. The maximum absolute atomic E-state index is 11.6. The van der Waals surface area contributed by atoms with E-state index >= 15 is 0 Å². The van der Waals surface area contributed by atoms with Gasteiger partial charge < -0.3 is 9.94 Å². The number of allylic oxidation sites excluding steroid dienone is 2. The molecule has 6 unspecified atom stereocenters. The van der Waals surface area contributed by atoms with Crippen molar-refractivity contribution in [2.24, 2.45) is 35.5 Å². The van der Waals surface area contributed by atoms with Crippen molar-refractivity contribution in [1.29, 1.82) is 0 Å². The second-order valence-corrected chi connectivity index (χ2v) is 6.45. The summed E-state index contributed by atoms with van der Waals surface area (Å²) in [6, 6.07) is 0. The van der Waals surface area contributed by atoms with E-state index < -0.39 is 11.9 Å². The molecule has 6 heteroatoms. The number of carboxylic acid groups (broad SMARTS) is 1. The summed E-state index contributed by atoms with van der Waals surface area (Å²) >= 11 is 0. The first-order valence-corrected chi connectivity index (χ1v) is 8.13. The van der Waals surface area contributed by atoms with E-state index in [0.717, 1.165) is 19.4 Å². The zero-order valence-electron chi connectivity index (χ0n) is 13.3. The number of rotatable bonds is 9. The molecule has 6 atom stereocenters. The molecule has 0 heterocycles. The fourth-order valence-electron chi connectivity index (χ4n) is 4.08. The standard InChI is InChI=1S/C16H27NO5/c1-3-4-7-17-21-8-13-11-5-6-12(14(13)9-22-20)15(10(11)2)16(18)19/h5-6,10-15,17,20H,3-4,7-9H2,1-2H3,(H,18,19). The molecule has 3 aliphatic carbocycles. The minimum absolute atomic E-state index is 0.0368. The molecule has 3 aliphatic rings. The van der Waals surface area contributed by atoms with E-state index in [0.29, 0.717) is 6.61 Å². The van der Waals surface area contributed by atoms with Gasteiger partial charge in [0.1, 0.15) is 0 Å². The molecule has 1 fully saturated rings. The Kier molecular flexibility index (Phi) is 6.37. The Hall–Kier alpha value is -0.950. The molecule has 6 nitrogen and oxygen atoms in total. The van der Waals surface area contributed by atoms with E-state index in [1.54, 1.807) is 0 Å². The second kappa shape index (κ2) is 8.06. The Bertz CT molecular complexity index is 400. The lowest BCUT2D eigenvalue weighted by Gasteiger charge is -2.51. The van der Waals surface area contributed by atoms with Crippen molar-refractivity contribution in [3.05, 3.63) is 12.2 Å². The van der Waals surface area contributed by atoms with Crippen LogP contribution >= 0.6 is 0 Å². The highest BCUT2D eigenvalue weighted by Gasteiger charge is 2.52. The minimum atomic E-state index is -0.768. The highest BCUT2D eigenvalue weighted by atomic mass is 17.1. The third-order valence-electron chi connectivity index (χ3n) is 5.24. The summed E-state index contributed by atoms with van der Waals surface area (Å²) in [6.45, 7) is 5.56. The monoisotopic (exact) mass is 313 g/mol. The van der Waals surface area contributed by atoms with Gasteiger partial charge in [0.15, 0.2) is 0 Å². The average molecular weight is 313 g/mol. The Morgan fingerprint density at radius 1 is 1.23 bits per heavy atom. The molecule has 0 amide bonds. The summed E-state index contributed by atoms with van der Waals surface area (Å²) in [6.07, 6.45) is 6.25. The summed E-state index contributed by atoms with van der Waals surface area (Å²) in [5, 5.41) is 18.4. The fraction of sp³-hybridized carbons (Fsp3) is 0.812. The predicted octanol–water partition coefficient (Wildman–Crippen LogP) is 2.18. The van der Waals surface area contributed by atoms with Gasteiger partial charge in [-0.15, -0.1) is 0 Å². The number of carboxylic acids is 1. The maximum Gasteiger partial charge on any atom is 0.307 e. The van der Waals surface area contributed by atoms with Crippen LogP contribution in [-0.2, 0) is 14.5 Å². The molecule has 2 bridgehead atoms. The van der Waals surface area contributed by atoms with Gasteiger partial charge in [0.05, 0.1) is 19.1 Å². The largest absolute Gasteiger partial charge is 0.481 e. The van der Waals surface area contributed by atoms with Gasteiger partial charge in [0, 0.05) is 6.54 Å². The molecular formula is C16H27NO5. The van der Waals surface area contributed by atoms with Crippen LogP contribution in [0.4, 0.5) is 0 Å². The van der Waals surface area contributed by atoms with Gasteiger partial charge in [0.2, 0.25) is 0 Å². The molecule has 3 N–H and O–H groups in total. The maximum atomic E-state index is 11.6. The van der Waals surface area contributed by atoms with E-state index in [4.69, 9.17) is 10.1 Å². The van der Waals surface area contributed by atoms with Gasteiger partial charge in [-0.3, -0.25) is 10.1 Å². The highest BCUT2D eigenvalue weighted by molar-refractivity contribution is 5.72. The van der Waals surface area contributed by atoms with E-state index in [-0.39, 0.29) is 36.2 Å². The third kappa shape index (κ3) is 3.51. The van der Waals surface area contributed by atoms with Gasteiger partial charge in [-0.2, -0.15) is 0 Å². The Morgan fingerprint density at radius 2 is 1.91 bits per heavy atom. The summed E-state index contributed by atoms with van der Waals surface area (Å²) in [5.41, 5.74) is 2.96. The topological polar surface area (TPSA) is 88.0 Å². The highest BCUT2D eigenvalue weighted by Crippen LogP contribution is 2.51. The fourth-order valence-corrected chi connectivity index (χ4v) is 4.08. The summed E-state index contributed by atoms with van der Waals surface area (Å²) in [4.78, 5) is 21.5. The van der Waals surface area contributed by atoms with Crippen LogP contribution in [0.5, 0.6) is 0 Å². The number of hydrogen-bond acceptors (Lipinski definition) is 5. The Labute approximate surface area is 131 Å². The second-order valence-electron chi connectivity index (χ2n) is 6.45. The van der Waals surface area contributed by atoms with Crippen molar-refractivity contribution in [3.63, 3.8) is 0 Å². The molecule has 1 saturated carbocycles. The van der Waals surface area contributed by atoms with Crippen molar-refractivity contribution < 1.29 is 24.9 Å². The first-order chi connectivity index (χ1) is 10.6. The van der Waals surface area contributed by atoms with Crippen molar-refractivity contribution in [3.8, 4) is 0 Å². The average Bonchev–Trinajstić information content (AvgIpc) is 2.49. The van der Waals surface area contributed by atoms with Crippen molar-refractivity contribution >= 4 is 5.97 Å². The van der Waals surface area contributed by atoms with Crippen LogP contribution in [0, 0.1) is 35.5 Å². The van der Waals surface area contributed by atoms with Gasteiger partial charge in [-0.05, 0) is 36.0 Å². The number of unbranched alkanes of at least 4 members (excludes halogenated alkanes) is 1. The minimum Gasteiger partial charge on any atom is -0.481 e. The first kappa shape index (κ1) is 17.4. The quantitative estimate of drug-likeness (QED) is 0.262. The zero-order chi connectivity index (χ0) is 16.1. The molecular weight excluding hydrogens is 286 g/mol. The number of aliphatic carboxylic acids is 1. The normalized spacial score (nSPS) is 36.7. The third-order valence-corrected chi connectivity index (χ3v) is 5.24. The van der Waals surface area contributed by atoms with Crippen molar-refractivity contribution in [2.45, 2.75) is 26.7 Å². The van der Waals surface area contributed by atoms with Gasteiger partial charge >= 0.3 is 5.97 Å². The van der Waals surface area contributed by atoms with Gasteiger partial charge in [0.25, 0.3) is 0 Å². The summed E-state index contributed by atoms with van der Waals surface area (Å²) in [5.74, 6) is -0.985. The molecule has 0 aromatic rings.